The summed E-state index contributed by atoms with van der Waals surface area (Å²) in [6.45, 7) is 0. The predicted molar refractivity (Wildman–Crippen MR) is 121 cm³/mol. The fourth-order valence-electron chi connectivity index (χ4n) is 2.92. The largest absolute Gasteiger partial charge is 0.507 e. The molecule has 0 heterocycles. The Morgan fingerprint density at radius 3 is 2.15 bits per heavy atom. The van der Waals surface area contributed by atoms with Gasteiger partial charge in [0.2, 0.25) is 5.75 Å². The highest BCUT2D eigenvalue weighted by Crippen LogP contribution is 2.38. The summed E-state index contributed by atoms with van der Waals surface area (Å²) in [5.41, 5.74) is 3.03. The second-order valence-corrected chi connectivity index (χ2v) is 6.56. The van der Waals surface area contributed by atoms with Gasteiger partial charge in [0.25, 0.3) is 5.91 Å². The van der Waals surface area contributed by atoms with Crippen molar-refractivity contribution in [3.05, 3.63) is 77.4 Å². The first kappa shape index (κ1) is 23.1. The van der Waals surface area contributed by atoms with Gasteiger partial charge in [0.1, 0.15) is 11.5 Å². The number of phenols is 1. The highest BCUT2D eigenvalue weighted by molar-refractivity contribution is 5.98. The zero-order valence-electron chi connectivity index (χ0n) is 18.2. The lowest BCUT2D eigenvalue weighted by molar-refractivity contribution is 0.0733. The molecule has 0 spiro atoms. The molecule has 0 atom stereocenters. The first-order valence-electron chi connectivity index (χ1n) is 9.71. The number of carbonyl (C=O) groups excluding carboxylic acids is 2. The molecule has 0 aromatic heterocycles. The molecule has 3 rings (SSSR count). The van der Waals surface area contributed by atoms with Crippen LogP contribution in [-0.2, 0) is 0 Å². The van der Waals surface area contributed by atoms with Crippen LogP contribution in [0.3, 0.4) is 0 Å². The van der Waals surface area contributed by atoms with Crippen LogP contribution in [-0.4, -0.2) is 44.5 Å². The van der Waals surface area contributed by atoms with E-state index in [4.69, 9.17) is 18.9 Å². The first-order chi connectivity index (χ1) is 16.0. The third-order valence-corrected chi connectivity index (χ3v) is 4.54. The summed E-state index contributed by atoms with van der Waals surface area (Å²) < 4.78 is 21.3. The van der Waals surface area contributed by atoms with Crippen LogP contribution in [0.1, 0.15) is 26.3 Å². The average Bonchev–Trinajstić information content (AvgIpc) is 2.84. The van der Waals surface area contributed by atoms with Crippen LogP contribution in [0.4, 0.5) is 0 Å². The molecule has 170 valence electrons. The van der Waals surface area contributed by atoms with Crippen LogP contribution in [0.25, 0.3) is 0 Å². The molecule has 9 nitrogen and oxygen atoms in total. The quantitative estimate of drug-likeness (QED) is 0.234. The molecular weight excluding hydrogens is 428 g/mol. The van der Waals surface area contributed by atoms with E-state index in [2.05, 4.69) is 10.5 Å². The molecular formula is C24H22N2O7. The number of hydrazone groups is 1. The van der Waals surface area contributed by atoms with E-state index in [0.717, 1.165) is 0 Å². The summed E-state index contributed by atoms with van der Waals surface area (Å²) in [6, 6.07) is 15.7. The molecule has 33 heavy (non-hydrogen) atoms. The Hall–Kier alpha value is -4.53. The van der Waals surface area contributed by atoms with Gasteiger partial charge in [-0.2, -0.15) is 5.10 Å². The van der Waals surface area contributed by atoms with Crippen LogP contribution in [0.2, 0.25) is 0 Å². The third-order valence-electron chi connectivity index (χ3n) is 4.54. The van der Waals surface area contributed by atoms with Gasteiger partial charge in [-0.05, 0) is 36.4 Å². The zero-order chi connectivity index (χ0) is 23.8. The van der Waals surface area contributed by atoms with Crippen molar-refractivity contribution in [2.45, 2.75) is 0 Å². The lowest BCUT2D eigenvalue weighted by atomic mass is 10.1. The lowest BCUT2D eigenvalue weighted by Gasteiger charge is -2.14. The van der Waals surface area contributed by atoms with Gasteiger partial charge < -0.3 is 24.1 Å². The number of ether oxygens (including phenoxy) is 4. The maximum absolute atomic E-state index is 12.8. The van der Waals surface area contributed by atoms with Gasteiger partial charge in [0, 0.05) is 5.56 Å². The number of carbonyl (C=O) groups is 2. The second kappa shape index (κ2) is 10.7. The fraction of sp³-hybridized carbons (Fsp3) is 0.125. The Morgan fingerprint density at radius 2 is 1.52 bits per heavy atom. The summed E-state index contributed by atoms with van der Waals surface area (Å²) in [6.07, 6.45) is 1.33. The molecule has 0 aliphatic carbocycles. The molecule has 0 saturated carbocycles. The SMILES string of the molecule is COc1cc(C(=O)Oc2ccccc2/C=N/NC(=O)c2ccccc2O)cc(OC)c1OC. The minimum atomic E-state index is -0.659. The van der Waals surface area contributed by atoms with Crippen molar-refractivity contribution < 1.29 is 33.6 Å². The standard InChI is InChI=1S/C24H22N2O7/c1-30-20-12-16(13-21(31-2)22(20)32-3)24(29)33-19-11-7-4-8-15(19)14-25-26-23(28)17-9-5-6-10-18(17)27/h4-14,27H,1-3H3,(H,26,28)/b25-14+. The van der Waals surface area contributed by atoms with Crippen molar-refractivity contribution in [2.24, 2.45) is 5.10 Å². The minimum Gasteiger partial charge on any atom is -0.507 e. The number of benzene rings is 3. The van der Waals surface area contributed by atoms with Crippen LogP contribution in [0.5, 0.6) is 28.7 Å². The summed E-state index contributed by atoms with van der Waals surface area (Å²) >= 11 is 0. The van der Waals surface area contributed by atoms with Crippen molar-refractivity contribution >= 4 is 18.1 Å². The highest BCUT2D eigenvalue weighted by Gasteiger charge is 2.19. The first-order valence-corrected chi connectivity index (χ1v) is 9.71. The van der Waals surface area contributed by atoms with E-state index in [-0.39, 0.29) is 22.6 Å². The van der Waals surface area contributed by atoms with Crippen molar-refractivity contribution in [3.8, 4) is 28.7 Å². The molecule has 0 aliphatic rings. The number of esters is 1. The maximum atomic E-state index is 12.8. The Balaban J connectivity index is 1.78. The molecule has 1 amide bonds. The van der Waals surface area contributed by atoms with Crippen LogP contribution >= 0.6 is 0 Å². The molecule has 0 unspecified atom stereocenters. The number of aromatic hydroxyl groups is 1. The third kappa shape index (κ3) is 5.40. The molecule has 2 N–H and O–H groups in total. The van der Waals surface area contributed by atoms with E-state index >= 15 is 0 Å². The molecule has 0 aliphatic heterocycles. The van der Waals surface area contributed by atoms with E-state index in [9.17, 15) is 14.7 Å². The smallest absolute Gasteiger partial charge is 0.343 e. The summed E-state index contributed by atoms with van der Waals surface area (Å²) in [4.78, 5) is 25.0. The molecule has 0 fully saturated rings. The van der Waals surface area contributed by atoms with Gasteiger partial charge in [0.05, 0.1) is 38.7 Å². The second-order valence-electron chi connectivity index (χ2n) is 6.56. The van der Waals surface area contributed by atoms with Crippen molar-refractivity contribution in [2.75, 3.05) is 21.3 Å². The molecule has 3 aromatic carbocycles. The van der Waals surface area contributed by atoms with E-state index in [1.807, 2.05) is 0 Å². The molecule has 9 heteroatoms. The van der Waals surface area contributed by atoms with Gasteiger partial charge in [-0.25, -0.2) is 10.2 Å². The number of methoxy groups -OCH3 is 3. The van der Waals surface area contributed by atoms with Crippen LogP contribution < -0.4 is 24.4 Å². The Labute approximate surface area is 190 Å². The van der Waals surface area contributed by atoms with Gasteiger partial charge in [-0.3, -0.25) is 4.79 Å². The van der Waals surface area contributed by atoms with E-state index < -0.39 is 11.9 Å². The molecule has 0 radical (unpaired) electrons. The van der Waals surface area contributed by atoms with E-state index in [1.54, 1.807) is 36.4 Å². The van der Waals surface area contributed by atoms with Crippen molar-refractivity contribution in [3.63, 3.8) is 0 Å². The summed E-state index contributed by atoms with van der Waals surface area (Å²) in [7, 11) is 4.36. The predicted octanol–water partition coefficient (Wildman–Crippen LogP) is 3.40. The topological polar surface area (TPSA) is 116 Å². The highest BCUT2D eigenvalue weighted by atomic mass is 16.5. The number of hydrogen-bond acceptors (Lipinski definition) is 8. The summed E-state index contributed by atoms with van der Waals surface area (Å²) in [5.74, 6) is -0.216. The Kier molecular flexibility index (Phi) is 7.48. The molecule has 0 saturated heterocycles. The van der Waals surface area contributed by atoms with E-state index in [1.165, 1.54) is 51.8 Å². The monoisotopic (exact) mass is 450 g/mol. The normalized spacial score (nSPS) is 10.5. The van der Waals surface area contributed by atoms with Crippen LogP contribution in [0, 0.1) is 0 Å². The number of rotatable bonds is 8. The zero-order valence-corrected chi connectivity index (χ0v) is 18.2. The lowest BCUT2D eigenvalue weighted by Crippen LogP contribution is -2.17. The molecule has 0 bridgehead atoms. The van der Waals surface area contributed by atoms with Gasteiger partial charge in [-0.1, -0.05) is 24.3 Å². The van der Waals surface area contributed by atoms with Crippen molar-refractivity contribution in [1.29, 1.82) is 0 Å². The Morgan fingerprint density at radius 1 is 0.879 bits per heavy atom. The maximum Gasteiger partial charge on any atom is 0.343 e. The fourth-order valence-corrected chi connectivity index (χ4v) is 2.92. The number of phenolic OH excluding ortho intramolecular Hbond substituents is 1. The number of nitrogens with zero attached hydrogens (tertiary/aromatic N) is 1. The molecule has 3 aromatic rings. The van der Waals surface area contributed by atoms with Gasteiger partial charge in [-0.15, -0.1) is 0 Å². The number of nitrogens with one attached hydrogen (secondary N) is 1. The number of amides is 1. The minimum absolute atomic E-state index is 0.0803. The number of hydrogen-bond donors (Lipinski definition) is 2. The van der Waals surface area contributed by atoms with Crippen molar-refractivity contribution in [1.82, 2.24) is 5.43 Å². The Bertz CT molecular complexity index is 1170. The number of para-hydroxylation sites is 2. The average molecular weight is 450 g/mol. The van der Waals surface area contributed by atoms with Crippen LogP contribution in [0.15, 0.2) is 65.8 Å². The van der Waals surface area contributed by atoms with Gasteiger partial charge in [0.15, 0.2) is 11.5 Å². The summed E-state index contributed by atoms with van der Waals surface area (Å²) in [5, 5.41) is 13.7. The van der Waals surface area contributed by atoms with Gasteiger partial charge >= 0.3 is 5.97 Å². The van der Waals surface area contributed by atoms with E-state index in [0.29, 0.717) is 22.8 Å².